The molecular weight excluding hydrogens is 312 g/mol. The Morgan fingerprint density at radius 3 is 2.29 bits per heavy atom. The first-order valence-corrected chi connectivity index (χ1v) is 8.64. The molecule has 118 valence electrons. The molecule has 21 heavy (non-hydrogen) atoms. The zero-order valence-corrected chi connectivity index (χ0v) is 14.3. The topological polar surface area (TPSA) is 49.9 Å². The van der Waals surface area contributed by atoms with E-state index < -0.39 is 10.0 Å². The number of halogens is 1. The molecule has 0 aliphatic carbocycles. The Balaban J connectivity index is 2.32. The van der Waals surface area contributed by atoms with Gasteiger partial charge in [-0.05, 0) is 39.1 Å². The van der Waals surface area contributed by atoms with Crippen molar-refractivity contribution in [2.24, 2.45) is 0 Å². The van der Waals surface area contributed by atoms with Crippen LogP contribution >= 0.6 is 11.6 Å². The first kappa shape index (κ1) is 16.5. The quantitative estimate of drug-likeness (QED) is 0.850. The summed E-state index contributed by atoms with van der Waals surface area (Å²) in [7, 11) is -0.0155. The van der Waals surface area contributed by atoms with Gasteiger partial charge in [-0.3, -0.25) is 4.90 Å². The second-order valence-corrected chi connectivity index (χ2v) is 7.83. The third kappa shape index (κ3) is 3.18. The van der Waals surface area contributed by atoms with E-state index in [1.54, 1.807) is 6.07 Å². The van der Waals surface area contributed by atoms with E-state index in [4.69, 9.17) is 16.3 Å². The van der Waals surface area contributed by atoms with Gasteiger partial charge in [-0.1, -0.05) is 11.6 Å². The van der Waals surface area contributed by atoms with E-state index in [0.29, 0.717) is 23.9 Å². The van der Waals surface area contributed by atoms with E-state index in [2.05, 4.69) is 4.90 Å². The van der Waals surface area contributed by atoms with E-state index in [0.717, 1.165) is 0 Å². The first-order valence-electron chi connectivity index (χ1n) is 6.83. The van der Waals surface area contributed by atoms with Crippen molar-refractivity contribution < 1.29 is 13.2 Å². The van der Waals surface area contributed by atoms with Crippen LogP contribution in [-0.4, -0.2) is 57.0 Å². The third-order valence-electron chi connectivity index (χ3n) is 4.09. The Labute approximate surface area is 131 Å². The molecule has 0 aromatic heterocycles. The van der Waals surface area contributed by atoms with Crippen LogP contribution in [0.2, 0.25) is 5.02 Å². The zero-order valence-electron chi connectivity index (χ0n) is 12.7. The molecule has 0 bridgehead atoms. The van der Waals surface area contributed by atoms with Gasteiger partial charge in [0.15, 0.2) is 0 Å². The number of hydrogen-bond acceptors (Lipinski definition) is 4. The lowest BCUT2D eigenvalue weighted by molar-refractivity contribution is 0.105. The molecule has 0 amide bonds. The molecule has 0 radical (unpaired) electrons. The summed E-state index contributed by atoms with van der Waals surface area (Å²) in [5.74, 6) is 0.468. The maximum Gasteiger partial charge on any atom is 0.243 e. The number of sulfonamides is 1. The number of nitrogens with zero attached hydrogens (tertiary/aromatic N) is 2. The molecule has 1 aliphatic rings. The number of rotatable bonds is 3. The summed E-state index contributed by atoms with van der Waals surface area (Å²) in [6, 6.07) is 4.92. The van der Waals surface area contributed by atoms with Crippen LogP contribution < -0.4 is 4.74 Å². The molecule has 0 saturated carbocycles. The van der Waals surface area contributed by atoms with Crippen molar-refractivity contribution >= 4 is 21.6 Å². The third-order valence-corrected chi connectivity index (χ3v) is 6.21. The van der Waals surface area contributed by atoms with Gasteiger partial charge in [0.25, 0.3) is 0 Å². The average Bonchev–Trinajstić information content (AvgIpc) is 2.44. The SMILES string of the molecule is COc1ccc(S(=O)(=O)N2CC(C)N(C)C(C)C2)cc1Cl. The maximum absolute atomic E-state index is 12.7. The minimum Gasteiger partial charge on any atom is -0.495 e. The molecule has 1 saturated heterocycles. The molecular formula is C14H21ClN2O3S. The molecule has 2 atom stereocenters. The molecule has 2 unspecified atom stereocenters. The Morgan fingerprint density at radius 2 is 1.81 bits per heavy atom. The Kier molecular flexibility index (Phi) is 4.82. The highest BCUT2D eigenvalue weighted by Crippen LogP contribution is 2.29. The van der Waals surface area contributed by atoms with Crippen molar-refractivity contribution in [2.75, 3.05) is 27.2 Å². The fourth-order valence-electron chi connectivity index (χ4n) is 2.51. The lowest BCUT2D eigenvalue weighted by Crippen LogP contribution is -2.56. The number of methoxy groups -OCH3 is 1. The molecule has 1 aliphatic heterocycles. The lowest BCUT2D eigenvalue weighted by Gasteiger charge is -2.41. The predicted molar refractivity (Wildman–Crippen MR) is 83.4 cm³/mol. The Bertz CT molecular complexity index is 609. The normalized spacial score (nSPS) is 25.0. The molecule has 1 heterocycles. The van der Waals surface area contributed by atoms with E-state index in [9.17, 15) is 8.42 Å². The van der Waals surface area contributed by atoms with E-state index in [1.165, 1.54) is 23.5 Å². The zero-order chi connectivity index (χ0) is 15.8. The molecule has 1 aromatic carbocycles. The minimum atomic E-state index is -3.53. The van der Waals surface area contributed by atoms with Crippen molar-refractivity contribution in [3.8, 4) is 5.75 Å². The van der Waals surface area contributed by atoms with Gasteiger partial charge in [-0.15, -0.1) is 0 Å². The van der Waals surface area contributed by atoms with Crippen molar-refractivity contribution in [2.45, 2.75) is 30.8 Å². The molecule has 7 heteroatoms. The van der Waals surface area contributed by atoms with Crippen molar-refractivity contribution in [1.82, 2.24) is 9.21 Å². The standard InChI is InChI=1S/C14H21ClN2O3S/c1-10-8-17(9-11(2)16(10)3)21(18,19)12-5-6-14(20-4)13(15)7-12/h5-7,10-11H,8-9H2,1-4H3. The first-order chi connectivity index (χ1) is 9.77. The van der Waals surface area contributed by atoms with Gasteiger partial charge in [0.2, 0.25) is 10.0 Å². The van der Waals surface area contributed by atoms with Gasteiger partial charge in [0.05, 0.1) is 17.0 Å². The Morgan fingerprint density at radius 1 is 1.24 bits per heavy atom. The highest BCUT2D eigenvalue weighted by Gasteiger charge is 2.34. The van der Waals surface area contributed by atoms with Crippen LogP contribution in [0.4, 0.5) is 0 Å². The maximum atomic E-state index is 12.7. The van der Waals surface area contributed by atoms with E-state index >= 15 is 0 Å². The molecule has 1 aromatic rings. The van der Waals surface area contributed by atoms with Gasteiger partial charge >= 0.3 is 0 Å². The number of piperazine rings is 1. The van der Waals surface area contributed by atoms with Gasteiger partial charge < -0.3 is 4.74 Å². The molecule has 5 nitrogen and oxygen atoms in total. The lowest BCUT2D eigenvalue weighted by atomic mass is 10.1. The predicted octanol–water partition coefficient (Wildman–Crippen LogP) is 2.06. The van der Waals surface area contributed by atoms with E-state index in [1.807, 2.05) is 20.9 Å². The summed E-state index contributed by atoms with van der Waals surface area (Å²) >= 11 is 6.04. The monoisotopic (exact) mass is 332 g/mol. The number of benzene rings is 1. The van der Waals surface area contributed by atoms with Crippen LogP contribution in [0.5, 0.6) is 5.75 Å². The average molecular weight is 333 g/mol. The Hall–Kier alpha value is -0.820. The fraction of sp³-hybridized carbons (Fsp3) is 0.571. The summed E-state index contributed by atoms with van der Waals surface area (Å²) in [6.07, 6.45) is 0. The molecule has 0 N–H and O–H groups in total. The van der Waals surface area contributed by atoms with Crippen molar-refractivity contribution in [3.63, 3.8) is 0 Å². The fourth-order valence-corrected chi connectivity index (χ4v) is 4.46. The summed E-state index contributed by atoms with van der Waals surface area (Å²) < 4.78 is 32.1. The molecule has 0 spiro atoms. The number of ether oxygens (including phenoxy) is 1. The summed E-state index contributed by atoms with van der Waals surface area (Å²) in [5.41, 5.74) is 0. The van der Waals surface area contributed by atoms with Gasteiger partial charge in [-0.2, -0.15) is 4.31 Å². The van der Waals surface area contributed by atoms with Crippen LogP contribution in [0.25, 0.3) is 0 Å². The van der Waals surface area contributed by atoms with Crippen LogP contribution in [-0.2, 0) is 10.0 Å². The van der Waals surface area contributed by atoms with Crippen LogP contribution in [0.15, 0.2) is 23.1 Å². The largest absolute Gasteiger partial charge is 0.495 e. The van der Waals surface area contributed by atoms with Crippen molar-refractivity contribution in [3.05, 3.63) is 23.2 Å². The van der Waals surface area contributed by atoms with Crippen LogP contribution in [0, 0.1) is 0 Å². The second-order valence-electron chi connectivity index (χ2n) is 5.48. The van der Waals surface area contributed by atoms with Crippen LogP contribution in [0.3, 0.4) is 0 Å². The van der Waals surface area contributed by atoms with Gasteiger partial charge in [0.1, 0.15) is 5.75 Å². The minimum absolute atomic E-state index is 0.178. The summed E-state index contributed by atoms with van der Waals surface area (Å²) in [4.78, 5) is 2.39. The van der Waals surface area contributed by atoms with Crippen LogP contribution in [0.1, 0.15) is 13.8 Å². The summed E-state index contributed by atoms with van der Waals surface area (Å²) in [6.45, 7) is 5.01. The summed E-state index contributed by atoms with van der Waals surface area (Å²) in [5, 5.41) is 0.300. The molecule has 2 rings (SSSR count). The van der Waals surface area contributed by atoms with E-state index in [-0.39, 0.29) is 17.0 Å². The van der Waals surface area contributed by atoms with Gasteiger partial charge in [0, 0.05) is 25.2 Å². The van der Waals surface area contributed by atoms with Crippen molar-refractivity contribution in [1.29, 1.82) is 0 Å². The second kappa shape index (κ2) is 6.12. The number of hydrogen-bond donors (Lipinski definition) is 0. The smallest absolute Gasteiger partial charge is 0.243 e. The van der Waals surface area contributed by atoms with Gasteiger partial charge in [-0.25, -0.2) is 8.42 Å². The molecule has 1 fully saturated rings. The highest BCUT2D eigenvalue weighted by molar-refractivity contribution is 7.89. The number of likely N-dealkylation sites (N-methyl/N-ethyl adjacent to an activating group) is 1. The highest BCUT2D eigenvalue weighted by atomic mass is 35.5.